The van der Waals surface area contributed by atoms with Gasteiger partial charge >= 0.3 is 5.97 Å². The third-order valence-corrected chi connectivity index (χ3v) is 5.20. The van der Waals surface area contributed by atoms with Crippen molar-refractivity contribution in [3.63, 3.8) is 0 Å². The van der Waals surface area contributed by atoms with Gasteiger partial charge in [0.25, 0.3) is 0 Å². The van der Waals surface area contributed by atoms with E-state index in [9.17, 15) is 4.79 Å². The van der Waals surface area contributed by atoms with Crippen LogP contribution in [0.15, 0.2) is 76.8 Å². The van der Waals surface area contributed by atoms with Crippen LogP contribution in [0.1, 0.15) is 43.7 Å². The fourth-order valence-electron chi connectivity index (χ4n) is 3.62. The van der Waals surface area contributed by atoms with Gasteiger partial charge in [0.2, 0.25) is 0 Å². The number of nitrogens with zero attached hydrogens (tertiary/aromatic N) is 1. The molecule has 2 unspecified atom stereocenters. The van der Waals surface area contributed by atoms with Crippen LogP contribution < -0.4 is 0 Å². The molecule has 0 radical (unpaired) electrons. The predicted octanol–water partition coefficient (Wildman–Crippen LogP) is 4.96. The first-order chi connectivity index (χ1) is 13.3. The van der Waals surface area contributed by atoms with E-state index in [0.29, 0.717) is 12.5 Å². The minimum atomic E-state index is -0.456. The predicted molar refractivity (Wildman–Crippen MR) is 108 cm³/mol. The van der Waals surface area contributed by atoms with Gasteiger partial charge in [-0.25, -0.2) is 4.79 Å². The topological polar surface area (TPSA) is 38.7 Å². The van der Waals surface area contributed by atoms with E-state index in [1.807, 2.05) is 67.6 Å². The van der Waals surface area contributed by atoms with Gasteiger partial charge in [0.1, 0.15) is 6.04 Å². The SMILES string of the molecule is CCOC(=O)C(CC1CC1=C1CC1)N=C(c1ccccc1)c1ccccc1. The molecule has 0 saturated heterocycles. The largest absolute Gasteiger partial charge is 0.464 e. The summed E-state index contributed by atoms with van der Waals surface area (Å²) in [5.41, 5.74) is 6.08. The summed E-state index contributed by atoms with van der Waals surface area (Å²) in [6, 6.07) is 19.7. The Labute approximate surface area is 160 Å². The summed E-state index contributed by atoms with van der Waals surface area (Å²) >= 11 is 0. The zero-order chi connectivity index (χ0) is 18.6. The molecule has 3 heteroatoms. The monoisotopic (exact) mass is 359 g/mol. The van der Waals surface area contributed by atoms with E-state index in [-0.39, 0.29) is 5.97 Å². The fraction of sp³-hybridized carbons (Fsp3) is 0.333. The average molecular weight is 359 g/mol. The van der Waals surface area contributed by atoms with Crippen molar-refractivity contribution in [1.82, 2.24) is 0 Å². The van der Waals surface area contributed by atoms with Gasteiger partial charge in [-0.2, -0.15) is 0 Å². The standard InChI is InChI=1S/C24H25NO2/c1-2-27-24(26)22(16-20-15-21(20)17-13-14-17)25-23(18-9-5-3-6-10-18)19-11-7-4-8-12-19/h3-12,20,22H,2,13-16H2,1H3. The van der Waals surface area contributed by atoms with Gasteiger partial charge in [0.05, 0.1) is 12.3 Å². The minimum absolute atomic E-state index is 0.214. The van der Waals surface area contributed by atoms with Gasteiger partial charge < -0.3 is 4.74 Å². The first kappa shape index (κ1) is 17.7. The average Bonchev–Trinajstić information content (AvgIpc) is 3.61. The summed E-state index contributed by atoms with van der Waals surface area (Å²) in [6.07, 6.45) is 4.38. The molecule has 0 aromatic heterocycles. The van der Waals surface area contributed by atoms with Crippen LogP contribution in [-0.4, -0.2) is 24.3 Å². The lowest BCUT2D eigenvalue weighted by atomic mass is 10.0. The Balaban J connectivity index is 1.67. The van der Waals surface area contributed by atoms with Crippen molar-refractivity contribution in [2.75, 3.05) is 6.61 Å². The first-order valence-electron chi connectivity index (χ1n) is 9.82. The molecule has 2 fully saturated rings. The summed E-state index contributed by atoms with van der Waals surface area (Å²) in [4.78, 5) is 17.6. The quantitative estimate of drug-likeness (QED) is 0.398. The summed E-state index contributed by atoms with van der Waals surface area (Å²) in [5.74, 6) is 0.294. The molecule has 2 saturated carbocycles. The summed E-state index contributed by atoms with van der Waals surface area (Å²) in [6.45, 7) is 2.23. The van der Waals surface area contributed by atoms with Crippen molar-refractivity contribution in [1.29, 1.82) is 0 Å². The molecule has 0 bridgehead atoms. The normalized spacial score (nSPS) is 18.6. The van der Waals surface area contributed by atoms with Gasteiger partial charge in [-0.1, -0.05) is 71.8 Å². The van der Waals surface area contributed by atoms with E-state index in [0.717, 1.165) is 29.7 Å². The maximum atomic E-state index is 12.7. The van der Waals surface area contributed by atoms with Crippen LogP contribution in [0.2, 0.25) is 0 Å². The lowest BCUT2D eigenvalue weighted by Crippen LogP contribution is -2.24. The van der Waals surface area contributed by atoms with Crippen molar-refractivity contribution in [3.05, 3.63) is 82.9 Å². The molecule has 0 heterocycles. The molecule has 138 valence electrons. The molecule has 2 aromatic rings. The second-order valence-corrected chi connectivity index (χ2v) is 7.24. The van der Waals surface area contributed by atoms with E-state index in [2.05, 4.69) is 0 Å². The van der Waals surface area contributed by atoms with E-state index < -0.39 is 6.04 Å². The van der Waals surface area contributed by atoms with Gasteiger partial charge in [-0.15, -0.1) is 0 Å². The van der Waals surface area contributed by atoms with Crippen molar-refractivity contribution < 1.29 is 9.53 Å². The molecule has 2 aliphatic rings. The first-order valence-corrected chi connectivity index (χ1v) is 9.82. The molecule has 2 aliphatic carbocycles. The maximum Gasteiger partial charge on any atom is 0.330 e. The highest BCUT2D eigenvalue weighted by Gasteiger charge is 2.39. The Morgan fingerprint density at radius 3 is 2.15 bits per heavy atom. The highest BCUT2D eigenvalue weighted by atomic mass is 16.5. The number of aliphatic imine (C=N–C) groups is 1. The lowest BCUT2D eigenvalue weighted by molar-refractivity contribution is -0.144. The molecule has 3 nitrogen and oxygen atoms in total. The highest BCUT2D eigenvalue weighted by Crippen LogP contribution is 2.50. The number of benzene rings is 2. The number of carbonyl (C=O) groups is 1. The van der Waals surface area contributed by atoms with Crippen molar-refractivity contribution in [2.24, 2.45) is 10.9 Å². The van der Waals surface area contributed by atoms with Crippen LogP contribution in [0, 0.1) is 5.92 Å². The third-order valence-electron chi connectivity index (χ3n) is 5.20. The van der Waals surface area contributed by atoms with Crippen LogP contribution >= 0.6 is 0 Å². The zero-order valence-electron chi connectivity index (χ0n) is 15.7. The van der Waals surface area contributed by atoms with Gasteiger partial charge in [0.15, 0.2) is 0 Å². The number of hydrogen-bond acceptors (Lipinski definition) is 3. The molecule has 0 amide bonds. The number of carbonyl (C=O) groups excluding carboxylic acids is 1. The molecule has 2 aromatic carbocycles. The number of allylic oxidation sites excluding steroid dienone is 2. The lowest BCUT2D eigenvalue weighted by Gasteiger charge is -2.15. The fourth-order valence-corrected chi connectivity index (χ4v) is 3.62. The number of rotatable bonds is 7. The van der Waals surface area contributed by atoms with Crippen molar-refractivity contribution in [2.45, 2.75) is 38.6 Å². The van der Waals surface area contributed by atoms with Crippen molar-refractivity contribution in [3.8, 4) is 0 Å². The molecule has 2 atom stereocenters. The summed E-state index contributed by atoms with van der Waals surface area (Å²) in [5, 5.41) is 0. The summed E-state index contributed by atoms with van der Waals surface area (Å²) < 4.78 is 5.35. The maximum absolute atomic E-state index is 12.7. The van der Waals surface area contributed by atoms with Gasteiger partial charge in [0, 0.05) is 11.1 Å². The van der Waals surface area contributed by atoms with Gasteiger partial charge in [-0.3, -0.25) is 4.99 Å². The second kappa shape index (κ2) is 7.91. The molecule has 4 rings (SSSR count). The van der Waals surface area contributed by atoms with Gasteiger partial charge in [-0.05, 0) is 38.5 Å². The second-order valence-electron chi connectivity index (χ2n) is 7.24. The molecular weight excluding hydrogens is 334 g/mol. The number of hydrogen-bond donors (Lipinski definition) is 0. The molecule has 0 spiro atoms. The third kappa shape index (κ3) is 4.36. The zero-order valence-corrected chi connectivity index (χ0v) is 15.7. The minimum Gasteiger partial charge on any atom is -0.464 e. The Hall–Kier alpha value is -2.68. The smallest absolute Gasteiger partial charge is 0.330 e. The molecular formula is C24H25NO2. The van der Waals surface area contributed by atoms with E-state index in [1.165, 1.54) is 12.8 Å². The highest BCUT2D eigenvalue weighted by molar-refractivity contribution is 6.13. The number of esters is 1. The van der Waals surface area contributed by atoms with Crippen LogP contribution in [0.4, 0.5) is 0 Å². The Morgan fingerprint density at radius 2 is 1.63 bits per heavy atom. The Morgan fingerprint density at radius 1 is 1.04 bits per heavy atom. The van der Waals surface area contributed by atoms with E-state index in [4.69, 9.17) is 9.73 Å². The Bertz CT molecular complexity index is 820. The van der Waals surface area contributed by atoms with E-state index in [1.54, 1.807) is 11.1 Å². The van der Waals surface area contributed by atoms with Crippen LogP contribution in [0.5, 0.6) is 0 Å². The molecule has 27 heavy (non-hydrogen) atoms. The summed E-state index contributed by atoms with van der Waals surface area (Å²) in [7, 11) is 0. The van der Waals surface area contributed by atoms with E-state index >= 15 is 0 Å². The Kier molecular flexibility index (Phi) is 5.19. The molecule has 0 N–H and O–H groups in total. The van der Waals surface area contributed by atoms with Crippen LogP contribution in [0.25, 0.3) is 0 Å². The molecule has 0 aliphatic heterocycles. The number of ether oxygens (including phenoxy) is 1. The van der Waals surface area contributed by atoms with Crippen LogP contribution in [0.3, 0.4) is 0 Å². The van der Waals surface area contributed by atoms with Crippen LogP contribution in [-0.2, 0) is 9.53 Å². The van der Waals surface area contributed by atoms with Crippen molar-refractivity contribution >= 4 is 11.7 Å².